The summed E-state index contributed by atoms with van der Waals surface area (Å²) in [6, 6.07) is 8.94. The van der Waals surface area contributed by atoms with E-state index in [1.165, 1.54) is 4.91 Å². The fraction of sp³-hybridized carbons (Fsp3) is 0.125. The quantitative estimate of drug-likeness (QED) is 0.302. The summed E-state index contributed by atoms with van der Waals surface area (Å²) in [5, 5.41) is 11.9. The summed E-state index contributed by atoms with van der Waals surface area (Å²) >= 11 is 0. The zero-order chi connectivity index (χ0) is 11.5. The molecule has 0 unspecified atom stereocenters. The van der Waals surface area contributed by atoms with Gasteiger partial charge in [0.1, 0.15) is 0 Å². The number of hydrogen-bond acceptors (Lipinski definition) is 2. The third kappa shape index (κ3) is 7.71. The van der Waals surface area contributed by atoms with E-state index in [0.717, 1.165) is 5.56 Å². The molecule has 1 rings (SSSR count). The van der Waals surface area contributed by atoms with Gasteiger partial charge in [0.2, 0.25) is 0 Å². The molecule has 0 bridgehead atoms. The SMILES string of the molecule is N#Cc1ccc(CN=[N+]=[N-])cc1.[N-]=[N+]=[N-].[Na+]. The predicted molar refractivity (Wildman–Crippen MR) is 54.1 cm³/mol. The van der Waals surface area contributed by atoms with Gasteiger partial charge in [0, 0.05) is 4.91 Å². The second-order valence-electron chi connectivity index (χ2n) is 2.29. The maximum Gasteiger partial charge on any atom is 1.00 e. The molecule has 0 aliphatic rings. The summed E-state index contributed by atoms with van der Waals surface area (Å²) in [6.07, 6.45) is 0. The van der Waals surface area contributed by atoms with Crippen LogP contribution in [0.2, 0.25) is 0 Å². The number of azide groups is 1. The van der Waals surface area contributed by atoms with Crippen molar-refractivity contribution in [1.29, 1.82) is 5.26 Å². The maximum absolute atomic E-state index is 8.47. The summed E-state index contributed by atoms with van der Waals surface area (Å²) in [4.78, 5) is 4.13. The first-order valence-corrected chi connectivity index (χ1v) is 3.76. The van der Waals surface area contributed by atoms with Crippen LogP contribution in [-0.4, -0.2) is 0 Å². The van der Waals surface area contributed by atoms with E-state index in [-0.39, 0.29) is 29.6 Å². The smallest absolute Gasteiger partial charge is 0.373 e. The van der Waals surface area contributed by atoms with Crippen LogP contribution < -0.4 is 29.6 Å². The molecule has 8 heteroatoms. The Labute approximate surface area is 114 Å². The van der Waals surface area contributed by atoms with E-state index in [9.17, 15) is 0 Å². The van der Waals surface area contributed by atoms with Gasteiger partial charge in [0.15, 0.2) is 0 Å². The van der Waals surface area contributed by atoms with Crippen LogP contribution in [0.3, 0.4) is 0 Å². The third-order valence-electron chi connectivity index (χ3n) is 1.40. The van der Waals surface area contributed by atoms with Gasteiger partial charge in [-0.15, -0.1) is 0 Å². The standard InChI is InChI=1S/C8H6N4.N3.Na/c9-5-7-1-3-8(4-2-7)6-11-12-10;1-3-2;/h1-4H,6H2;;/q;-1;+1. The number of benzene rings is 1. The van der Waals surface area contributed by atoms with E-state index in [2.05, 4.69) is 10.0 Å². The van der Waals surface area contributed by atoms with Gasteiger partial charge >= 0.3 is 29.6 Å². The predicted octanol–water partition coefficient (Wildman–Crippen LogP) is 0.239. The van der Waals surface area contributed by atoms with Crippen LogP contribution in [0.15, 0.2) is 29.4 Å². The van der Waals surface area contributed by atoms with E-state index in [4.69, 9.17) is 21.9 Å². The Morgan fingerprint density at radius 3 is 2.06 bits per heavy atom. The normalized spacial score (nSPS) is 6.69. The Morgan fingerprint density at radius 2 is 1.69 bits per heavy atom. The van der Waals surface area contributed by atoms with E-state index >= 15 is 0 Å². The number of nitriles is 1. The second kappa shape index (κ2) is 11.4. The monoisotopic (exact) mass is 223 g/mol. The van der Waals surface area contributed by atoms with Crippen LogP contribution in [0.25, 0.3) is 26.4 Å². The van der Waals surface area contributed by atoms with Crippen molar-refractivity contribution in [2.45, 2.75) is 6.54 Å². The Morgan fingerprint density at radius 1 is 1.19 bits per heavy atom. The van der Waals surface area contributed by atoms with Crippen LogP contribution in [-0.2, 0) is 6.54 Å². The van der Waals surface area contributed by atoms with Crippen molar-refractivity contribution in [1.82, 2.24) is 0 Å². The van der Waals surface area contributed by atoms with Crippen molar-refractivity contribution < 1.29 is 29.6 Å². The molecular weight excluding hydrogens is 217 g/mol. The van der Waals surface area contributed by atoms with Gasteiger partial charge in [-0.1, -0.05) is 17.2 Å². The van der Waals surface area contributed by atoms with Gasteiger partial charge in [-0.25, -0.2) is 0 Å². The van der Waals surface area contributed by atoms with Crippen molar-refractivity contribution in [3.63, 3.8) is 0 Å². The average molecular weight is 223 g/mol. The van der Waals surface area contributed by atoms with Gasteiger partial charge in [-0.2, -0.15) is 5.26 Å². The molecule has 0 heterocycles. The zero-order valence-electron chi connectivity index (χ0n) is 8.65. The first-order chi connectivity index (χ1) is 7.28. The number of rotatable bonds is 2. The molecule has 0 atom stereocenters. The Balaban J connectivity index is 0. The molecular formula is C8H6N7Na. The fourth-order valence-corrected chi connectivity index (χ4v) is 0.798. The average Bonchev–Trinajstić information content (AvgIpc) is 2.28. The van der Waals surface area contributed by atoms with Crippen molar-refractivity contribution in [2.75, 3.05) is 0 Å². The molecule has 7 nitrogen and oxygen atoms in total. The van der Waals surface area contributed by atoms with Gasteiger partial charge in [-0.3, -0.25) is 4.91 Å². The first kappa shape index (κ1) is 16.7. The first-order valence-electron chi connectivity index (χ1n) is 3.76. The molecule has 16 heavy (non-hydrogen) atoms. The minimum atomic E-state index is 0. The van der Waals surface area contributed by atoms with E-state index in [1.54, 1.807) is 24.3 Å². The molecule has 0 saturated carbocycles. The number of nitrogens with zero attached hydrogens (tertiary/aromatic N) is 7. The van der Waals surface area contributed by atoms with Gasteiger partial charge < -0.3 is 11.1 Å². The summed E-state index contributed by atoms with van der Waals surface area (Å²) in [5.74, 6) is 0. The molecule has 0 aliphatic carbocycles. The third-order valence-corrected chi connectivity index (χ3v) is 1.40. The maximum atomic E-state index is 8.47. The fourth-order valence-electron chi connectivity index (χ4n) is 0.798. The minimum absolute atomic E-state index is 0. The Kier molecular flexibility index (Phi) is 11.9. The second-order valence-corrected chi connectivity index (χ2v) is 2.29. The van der Waals surface area contributed by atoms with Crippen LogP contribution in [0.4, 0.5) is 0 Å². The Hall–Kier alpha value is -1.67. The van der Waals surface area contributed by atoms with Crippen molar-refractivity contribution in [3.8, 4) is 6.07 Å². The zero-order valence-corrected chi connectivity index (χ0v) is 10.6. The van der Waals surface area contributed by atoms with Crippen LogP contribution in [0.5, 0.6) is 0 Å². The molecule has 0 saturated heterocycles. The number of hydrogen-bond donors (Lipinski definition) is 0. The summed E-state index contributed by atoms with van der Waals surface area (Å²) in [7, 11) is 0. The van der Waals surface area contributed by atoms with E-state index < -0.39 is 0 Å². The molecule has 74 valence electrons. The van der Waals surface area contributed by atoms with Gasteiger partial charge in [0.25, 0.3) is 0 Å². The molecule has 0 amide bonds. The van der Waals surface area contributed by atoms with Crippen LogP contribution >= 0.6 is 0 Å². The Bertz CT molecular complexity index is 421. The minimum Gasteiger partial charge on any atom is -0.373 e. The summed E-state index contributed by atoms with van der Waals surface area (Å²) in [6.45, 7) is 0.336. The topological polar surface area (TPSA) is 131 Å². The molecule has 1 aromatic rings. The van der Waals surface area contributed by atoms with Gasteiger partial charge in [-0.05, 0) is 23.2 Å². The summed E-state index contributed by atoms with van der Waals surface area (Å²) < 4.78 is 0. The van der Waals surface area contributed by atoms with Crippen molar-refractivity contribution >= 4 is 0 Å². The molecule has 0 N–H and O–H groups in total. The van der Waals surface area contributed by atoms with E-state index in [1.807, 2.05) is 6.07 Å². The van der Waals surface area contributed by atoms with Crippen molar-refractivity contribution in [2.24, 2.45) is 5.11 Å². The largest absolute Gasteiger partial charge is 1.00 e. The molecule has 0 fully saturated rings. The van der Waals surface area contributed by atoms with Crippen LogP contribution in [0, 0.1) is 11.3 Å². The molecule has 0 aliphatic heterocycles. The molecule has 1 aromatic carbocycles. The molecule has 0 spiro atoms. The van der Waals surface area contributed by atoms with Crippen LogP contribution in [0.1, 0.15) is 11.1 Å². The van der Waals surface area contributed by atoms with Crippen molar-refractivity contribution in [3.05, 3.63) is 61.8 Å². The summed E-state index contributed by atoms with van der Waals surface area (Å²) in [5.41, 5.74) is 23.1. The molecule has 0 aromatic heterocycles. The molecule has 0 radical (unpaired) electrons. The van der Waals surface area contributed by atoms with E-state index in [0.29, 0.717) is 12.1 Å². The van der Waals surface area contributed by atoms with Gasteiger partial charge in [0.05, 0.1) is 18.2 Å².